The van der Waals surface area contributed by atoms with E-state index in [1.54, 1.807) is 0 Å². The fourth-order valence-corrected chi connectivity index (χ4v) is 3.74. The Balaban J connectivity index is 1.96. The summed E-state index contributed by atoms with van der Waals surface area (Å²) in [6.45, 7) is 8.10. The molecular formula is C15H30N2O. The summed E-state index contributed by atoms with van der Waals surface area (Å²) in [4.78, 5) is 2.65. The molecule has 1 aliphatic heterocycles. The van der Waals surface area contributed by atoms with Crippen molar-refractivity contribution < 1.29 is 4.74 Å². The first-order chi connectivity index (χ1) is 8.52. The van der Waals surface area contributed by atoms with E-state index in [4.69, 9.17) is 10.5 Å². The van der Waals surface area contributed by atoms with Crippen molar-refractivity contribution in [1.29, 1.82) is 0 Å². The molecule has 2 fully saturated rings. The van der Waals surface area contributed by atoms with Gasteiger partial charge in [-0.1, -0.05) is 13.8 Å². The molecule has 2 rings (SSSR count). The number of nitrogens with zero attached hydrogens (tertiary/aromatic N) is 1. The van der Waals surface area contributed by atoms with Crippen molar-refractivity contribution in [2.45, 2.75) is 58.0 Å². The van der Waals surface area contributed by atoms with Gasteiger partial charge in [0, 0.05) is 25.7 Å². The Morgan fingerprint density at radius 3 is 2.83 bits per heavy atom. The first kappa shape index (κ1) is 14.3. The Morgan fingerprint density at radius 1 is 1.33 bits per heavy atom. The maximum atomic E-state index is 6.38. The second-order valence-corrected chi connectivity index (χ2v) is 7.10. The lowest BCUT2D eigenvalue weighted by molar-refractivity contribution is 0.0260. The molecule has 0 radical (unpaired) electrons. The first-order valence-corrected chi connectivity index (χ1v) is 7.50. The van der Waals surface area contributed by atoms with Crippen LogP contribution >= 0.6 is 0 Å². The molecule has 2 aliphatic rings. The molecule has 2 N–H and O–H groups in total. The lowest BCUT2D eigenvalue weighted by atomic mass is 9.72. The molecular weight excluding hydrogens is 224 g/mol. The molecule has 106 valence electrons. The highest BCUT2D eigenvalue weighted by Crippen LogP contribution is 2.37. The highest BCUT2D eigenvalue weighted by atomic mass is 16.5. The second kappa shape index (κ2) is 5.89. The molecule has 18 heavy (non-hydrogen) atoms. The van der Waals surface area contributed by atoms with Crippen molar-refractivity contribution in [2.75, 3.05) is 26.8 Å². The van der Waals surface area contributed by atoms with Gasteiger partial charge in [0.25, 0.3) is 0 Å². The van der Waals surface area contributed by atoms with Gasteiger partial charge in [-0.25, -0.2) is 0 Å². The molecule has 0 aromatic heterocycles. The van der Waals surface area contributed by atoms with Gasteiger partial charge in [-0.2, -0.15) is 0 Å². The van der Waals surface area contributed by atoms with Gasteiger partial charge in [0.1, 0.15) is 0 Å². The van der Waals surface area contributed by atoms with E-state index in [1.807, 2.05) is 7.11 Å². The maximum Gasteiger partial charge on any atom is 0.0502 e. The molecule has 0 spiro atoms. The molecule has 3 unspecified atom stereocenters. The quantitative estimate of drug-likeness (QED) is 0.839. The van der Waals surface area contributed by atoms with Crippen LogP contribution in [-0.2, 0) is 4.74 Å². The summed E-state index contributed by atoms with van der Waals surface area (Å²) in [5.74, 6) is 0.709. The van der Waals surface area contributed by atoms with Crippen LogP contribution < -0.4 is 5.73 Å². The summed E-state index contributed by atoms with van der Waals surface area (Å²) < 4.78 is 5.33. The van der Waals surface area contributed by atoms with Gasteiger partial charge in [0.2, 0.25) is 0 Å². The minimum atomic E-state index is 0.374. The van der Waals surface area contributed by atoms with E-state index in [-0.39, 0.29) is 0 Å². The van der Waals surface area contributed by atoms with E-state index in [2.05, 4.69) is 18.7 Å². The second-order valence-electron chi connectivity index (χ2n) is 7.10. The summed E-state index contributed by atoms with van der Waals surface area (Å²) >= 11 is 0. The van der Waals surface area contributed by atoms with Crippen molar-refractivity contribution in [3.8, 4) is 0 Å². The zero-order valence-corrected chi connectivity index (χ0v) is 12.3. The van der Waals surface area contributed by atoms with E-state index in [0.717, 1.165) is 6.61 Å². The summed E-state index contributed by atoms with van der Waals surface area (Å²) in [6, 6.07) is 0.965. The third-order valence-corrected chi connectivity index (χ3v) is 4.83. The van der Waals surface area contributed by atoms with Crippen LogP contribution in [0, 0.1) is 11.3 Å². The predicted octanol–water partition coefficient (Wildman–Crippen LogP) is 2.25. The normalized spacial score (nSPS) is 37.7. The van der Waals surface area contributed by atoms with Gasteiger partial charge in [0.05, 0.1) is 6.61 Å². The molecule has 0 aromatic carbocycles. The molecule has 1 saturated heterocycles. The van der Waals surface area contributed by atoms with E-state index < -0.39 is 0 Å². The SMILES string of the molecule is COCC1CCCN(C2CC(C)(C)CCC2N)C1. The van der Waals surface area contributed by atoms with Crippen molar-refractivity contribution in [3.05, 3.63) is 0 Å². The fourth-order valence-electron chi connectivity index (χ4n) is 3.74. The van der Waals surface area contributed by atoms with Gasteiger partial charge in [0.15, 0.2) is 0 Å². The molecule has 1 saturated carbocycles. The van der Waals surface area contributed by atoms with Crippen LogP contribution in [0.3, 0.4) is 0 Å². The number of rotatable bonds is 3. The van der Waals surface area contributed by atoms with E-state index >= 15 is 0 Å². The number of hydrogen-bond acceptors (Lipinski definition) is 3. The van der Waals surface area contributed by atoms with Crippen molar-refractivity contribution >= 4 is 0 Å². The average molecular weight is 254 g/mol. The van der Waals surface area contributed by atoms with Crippen molar-refractivity contribution in [2.24, 2.45) is 17.1 Å². The topological polar surface area (TPSA) is 38.5 Å². The third-order valence-electron chi connectivity index (χ3n) is 4.83. The third kappa shape index (κ3) is 3.46. The van der Waals surface area contributed by atoms with Gasteiger partial charge >= 0.3 is 0 Å². The number of likely N-dealkylation sites (tertiary alicyclic amines) is 1. The van der Waals surface area contributed by atoms with Crippen LogP contribution in [0.25, 0.3) is 0 Å². The number of nitrogens with two attached hydrogens (primary N) is 1. The smallest absolute Gasteiger partial charge is 0.0502 e. The molecule has 3 heteroatoms. The highest BCUT2D eigenvalue weighted by Gasteiger charge is 2.37. The molecule has 0 amide bonds. The van der Waals surface area contributed by atoms with Crippen LogP contribution in [0.5, 0.6) is 0 Å². The van der Waals surface area contributed by atoms with Crippen LogP contribution in [-0.4, -0.2) is 43.8 Å². The van der Waals surface area contributed by atoms with Gasteiger partial charge in [-0.05, 0) is 50.0 Å². The monoisotopic (exact) mass is 254 g/mol. The molecule has 0 bridgehead atoms. The Labute approximate surface area is 112 Å². The largest absolute Gasteiger partial charge is 0.384 e. The summed E-state index contributed by atoms with van der Waals surface area (Å²) in [7, 11) is 1.81. The van der Waals surface area contributed by atoms with Crippen molar-refractivity contribution in [3.63, 3.8) is 0 Å². The van der Waals surface area contributed by atoms with Crippen LogP contribution in [0.4, 0.5) is 0 Å². The molecule has 3 nitrogen and oxygen atoms in total. The fraction of sp³-hybridized carbons (Fsp3) is 1.00. The van der Waals surface area contributed by atoms with E-state index in [1.165, 1.54) is 45.2 Å². The highest BCUT2D eigenvalue weighted by molar-refractivity contribution is 4.94. The van der Waals surface area contributed by atoms with Gasteiger partial charge < -0.3 is 10.5 Å². The summed E-state index contributed by atoms with van der Waals surface area (Å²) in [5.41, 5.74) is 6.84. The lowest BCUT2D eigenvalue weighted by Crippen LogP contribution is -2.55. The summed E-state index contributed by atoms with van der Waals surface area (Å²) in [5, 5.41) is 0. The molecule has 3 atom stereocenters. The summed E-state index contributed by atoms with van der Waals surface area (Å²) in [6.07, 6.45) is 6.34. The number of ether oxygens (including phenoxy) is 1. The number of hydrogen-bond donors (Lipinski definition) is 1. The van der Waals surface area contributed by atoms with Gasteiger partial charge in [-0.15, -0.1) is 0 Å². The number of piperidine rings is 1. The van der Waals surface area contributed by atoms with Crippen LogP contribution in [0.2, 0.25) is 0 Å². The first-order valence-electron chi connectivity index (χ1n) is 7.50. The molecule has 1 heterocycles. The maximum absolute atomic E-state index is 6.38. The average Bonchev–Trinajstić information content (AvgIpc) is 2.33. The van der Waals surface area contributed by atoms with Crippen molar-refractivity contribution in [1.82, 2.24) is 4.90 Å². The molecule has 1 aliphatic carbocycles. The van der Waals surface area contributed by atoms with Crippen LogP contribution in [0.15, 0.2) is 0 Å². The zero-order chi connectivity index (χ0) is 13.2. The Bertz CT molecular complexity index is 265. The Morgan fingerprint density at radius 2 is 2.11 bits per heavy atom. The minimum absolute atomic E-state index is 0.374. The lowest BCUT2D eigenvalue weighted by Gasteiger charge is -2.47. The Hall–Kier alpha value is -0.120. The van der Waals surface area contributed by atoms with Crippen LogP contribution in [0.1, 0.15) is 46.0 Å². The minimum Gasteiger partial charge on any atom is -0.384 e. The Kier molecular flexibility index (Phi) is 4.68. The van der Waals surface area contributed by atoms with Gasteiger partial charge in [-0.3, -0.25) is 4.90 Å². The standard InChI is InChI=1S/C15H30N2O/c1-15(2)7-6-13(16)14(9-15)17-8-4-5-12(10-17)11-18-3/h12-14H,4-11,16H2,1-3H3. The zero-order valence-electron chi connectivity index (χ0n) is 12.3. The predicted molar refractivity (Wildman–Crippen MR) is 75.6 cm³/mol. The number of methoxy groups -OCH3 is 1. The van der Waals surface area contributed by atoms with E-state index in [0.29, 0.717) is 23.4 Å². The molecule has 0 aromatic rings. The van der Waals surface area contributed by atoms with E-state index in [9.17, 15) is 0 Å².